The number of carbonyl (C=O) groups excluding carboxylic acids is 3. The number of carboxylic acids is 1. The second kappa shape index (κ2) is 14.5. The maximum absolute atomic E-state index is 12.8. The molecule has 0 fully saturated rings. The number of aliphatic hydroxyl groups excluding tert-OH is 1. The van der Waals surface area contributed by atoms with E-state index >= 15 is 0 Å². The number of carboxylic acid groups (broad SMARTS) is 1. The van der Waals surface area contributed by atoms with E-state index in [0.29, 0.717) is 17.9 Å². The van der Waals surface area contributed by atoms with Crippen molar-refractivity contribution >= 4 is 35.5 Å². The van der Waals surface area contributed by atoms with Crippen molar-refractivity contribution in [2.75, 3.05) is 18.6 Å². The molecular weight excluding hydrogens is 452 g/mol. The fourth-order valence-corrected chi connectivity index (χ4v) is 3.42. The predicted molar refractivity (Wildman–Crippen MR) is 123 cm³/mol. The standard InChI is InChI=1S/C20H34N6O6S/c1-11(2)6-13(21)17(28)24-14(4-5-33-3)18(29)26-16(9-27)19(30)25-15(20(31)32)7-12-8-22-10-23-12/h8,10-11,13-16,27H,4-7,9,21H2,1-3H3,(H,22,23)(H,24,28)(H,25,30)(H,26,29)(H,31,32). The second-order valence-electron chi connectivity index (χ2n) is 8.00. The molecule has 0 radical (unpaired) electrons. The lowest BCUT2D eigenvalue weighted by Gasteiger charge is -2.24. The Kier molecular flexibility index (Phi) is 12.5. The predicted octanol–water partition coefficient (Wildman–Crippen LogP) is -1.39. The van der Waals surface area contributed by atoms with E-state index in [4.69, 9.17) is 5.73 Å². The Morgan fingerprint density at radius 1 is 1.09 bits per heavy atom. The molecule has 1 rings (SSSR count). The zero-order valence-electron chi connectivity index (χ0n) is 19.0. The number of aliphatic carboxylic acids is 1. The summed E-state index contributed by atoms with van der Waals surface area (Å²) >= 11 is 1.47. The number of H-pyrrole nitrogens is 1. The Hall–Kier alpha value is -2.64. The molecule has 0 saturated carbocycles. The summed E-state index contributed by atoms with van der Waals surface area (Å²) in [4.78, 5) is 55.8. The third kappa shape index (κ3) is 10.2. The van der Waals surface area contributed by atoms with Crippen LogP contribution in [0.25, 0.3) is 0 Å². The van der Waals surface area contributed by atoms with Crippen LogP contribution in [0.15, 0.2) is 12.5 Å². The highest BCUT2D eigenvalue weighted by Crippen LogP contribution is 2.06. The average molecular weight is 487 g/mol. The number of nitrogens with two attached hydrogens (primary N) is 1. The molecule has 12 nitrogen and oxygen atoms in total. The number of imidazole rings is 1. The number of nitrogens with zero attached hydrogens (tertiary/aromatic N) is 1. The van der Waals surface area contributed by atoms with E-state index in [1.54, 1.807) is 0 Å². The van der Waals surface area contributed by atoms with Gasteiger partial charge in [-0.2, -0.15) is 11.8 Å². The Morgan fingerprint density at radius 2 is 1.70 bits per heavy atom. The van der Waals surface area contributed by atoms with Crippen molar-refractivity contribution in [3.05, 3.63) is 18.2 Å². The number of nitrogens with one attached hydrogen (secondary N) is 4. The van der Waals surface area contributed by atoms with Crippen molar-refractivity contribution in [1.82, 2.24) is 25.9 Å². The Balaban J connectivity index is 2.81. The van der Waals surface area contributed by atoms with Gasteiger partial charge >= 0.3 is 5.97 Å². The van der Waals surface area contributed by atoms with E-state index in [1.165, 1.54) is 24.3 Å². The van der Waals surface area contributed by atoms with Crippen LogP contribution in [0.3, 0.4) is 0 Å². The van der Waals surface area contributed by atoms with Gasteiger partial charge in [0.15, 0.2) is 0 Å². The highest BCUT2D eigenvalue weighted by Gasteiger charge is 2.30. The van der Waals surface area contributed by atoms with Crippen molar-refractivity contribution in [3.8, 4) is 0 Å². The molecule has 1 aromatic rings. The monoisotopic (exact) mass is 486 g/mol. The van der Waals surface area contributed by atoms with Crippen molar-refractivity contribution < 1.29 is 29.4 Å². The zero-order valence-corrected chi connectivity index (χ0v) is 19.9. The number of aliphatic hydroxyl groups is 1. The highest BCUT2D eigenvalue weighted by atomic mass is 32.2. The van der Waals surface area contributed by atoms with Crippen molar-refractivity contribution in [2.45, 2.75) is 57.3 Å². The fraction of sp³-hybridized carbons (Fsp3) is 0.650. The van der Waals surface area contributed by atoms with Crippen LogP contribution in [0.5, 0.6) is 0 Å². The van der Waals surface area contributed by atoms with Gasteiger partial charge in [0.1, 0.15) is 18.1 Å². The third-order valence-electron chi connectivity index (χ3n) is 4.71. The second-order valence-corrected chi connectivity index (χ2v) is 8.99. The van der Waals surface area contributed by atoms with Crippen LogP contribution < -0.4 is 21.7 Å². The summed E-state index contributed by atoms with van der Waals surface area (Å²) < 4.78 is 0. The summed E-state index contributed by atoms with van der Waals surface area (Å²) in [7, 11) is 0. The number of aromatic amines is 1. The van der Waals surface area contributed by atoms with E-state index in [-0.39, 0.29) is 18.8 Å². The minimum Gasteiger partial charge on any atom is -0.480 e. The number of rotatable bonds is 15. The number of aromatic nitrogens is 2. The van der Waals surface area contributed by atoms with Crippen LogP contribution in [-0.2, 0) is 25.6 Å². The van der Waals surface area contributed by atoms with Gasteiger partial charge in [-0.05, 0) is 30.8 Å². The lowest BCUT2D eigenvalue weighted by molar-refractivity contribution is -0.142. The smallest absolute Gasteiger partial charge is 0.326 e. The third-order valence-corrected chi connectivity index (χ3v) is 5.36. The van der Waals surface area contributed by atoms with Gasteiger partial charge in [0.05, 0.1) is 19.0 Å². The summed E-state index contributed by atoms with van der Waals surface area (Å²) in [6, 6.07) is -4.46. The van der Waals surface area contributed by atoms with Gasteiger partial charge in [-0.15, -0.1) is 0 Å². The van der Waals surface area contributed by atoms with Crippen molar-refractivity contribution in [1.29, 1.82) is 0 Å². The molecule has 33 heavy (non-hydrogen) atoms. The maximum atomic E-state index is 12.8. The van der Waals surface area contributed by atoms with Crippen LogP contribution in [0.4, 0.5) is 0 Å². The molecule has 8 N–H and O–H groups in total. The molecule has 186 valence electrons. The van der Waals surface area contributed by atoms with E-state index < -0.39 is 54.5 Å². The Bertz CT molecular complexity index is 775. The van der Waals surface area contributed by atoms with Gasteiger partial charge in [-0.3, -0.25) is 14.4 Å². The molecule has 3 amide bonds. The fourth-order valence-electron chi connectivity index (χ4n) is 2.95. The molecule has 1 heterocycles. The van der Waals surface area contributed by atoms with Crippen LogP contribution in [0.2, 0.25) is 0 Å². The van der Waals surface area contributed by atoms with Crippen molar-refractivity contribution in [2.24, 2.45) is 11.7 Å². The first-order valence-corrected chi connectivity index (χ1v) is 11.9. The molecule has 0 aliphatic rings. The Labute approximate surface area is 196 Å². The van der Waals surface area contributed by atoms with E-state index in [0.717, 1.165) is 0 Å². The van der Waals surface area contributed by atoms with Crippen LogP contribution >= 0.6 is 11.8 Å². The van der Waals surface area contributed by atoms with Crippen molar-refractivity contribution in [3.63, 3.8) is 0 Å². The van der Waals surface area contributed by atoms with Crippen LogP contribution in [0.1, 0.15) is 32.4 Å². The van der Waals surface area contributed by atoms with Gasteiger partial charge in [-0.25, -0.2) is 9.78 Å². The molecule has 1 aromatic heterocycles. The van der Waals surface area contributed by atoms with Gasteiger partial charge < -0.3 is 36.9 Å². The van der Waals surface area contributed by atoms with E-state index in [9.17, 15) is 29.4 Å². The van der Waals surface area contributed by atoms with Crippen LogP contribution in [0, 0.1) is 5.92 Å². The van der Waals surface area contributed by atoms with Gasteiger partial charge in [0, 0.05) is 18.3 Å². The summed E-state index contributed by atoms with van der Waals surface area (Å²) in [5, 5.41) is 26.3. The summed E-state index contributed by atoms with van der Waals surface area (Å²) in [5.74, 6) is -2.58. The first kappa shape index (κ1) is 28.4. The molecule has 0 aliphatic carbocycles. The van der Waals surface area contributed by atoms with Crippen LogP contribution in [-0.4, -0.2) is 86.7 Å². The molecule has 0 bridgehead atoms. The summed E-state index contributed by atoms with van der Waals surface area (Å²) in [5.41, 5.74) is 6.38. The number of amides is 3. The SMILES string of the molecule is CSCCC(NC(=O)C(N)CC(C)C)C(=O)NC(CO)C(=O)NC(Cc1cnc[nH]1)C(=O)O. The number of carbonyl (C=O) groups is 4. The van der Waals surface area contributed by atoms with E-state index in [1.807, 2.05) is 20.1 Å². The average Bonchev–Trinajstić information content (AvgIpc) is 3.26. The zero-order chi connectivity index (χ0) is 25.0. The lowest BCUT2D eigenvalue weighted by Crippen LogP contribution is -2.58. The van der Waals surface area contributed by atoms with E-state index in [2.05, 4.69) is 25.9 Å². The number of hydrogen-bond acceptors (Lipinski definition) is 8. The molecule has 4 atom stereocenters. The lowest BCUT2D eigenvalue weighted by atomic mass is 10.0. The quantitative estimate of drug-likeness (QED) is 0.156. The number of thioether (sulfide) groups is 1. The molecule has 0 aromatic carbocycles. The molecule has 0 saturated heterocycles. The van der Waals surface area contributed by atoms with Gasteiger partial charge in [-0.1, -0.05) is 13.8 Å². The largest absolute Gasteiger partial charge is 0.480 e. The molecular formula is C20H34N6O6S. The first-order chi connectivity index (χ1) is 15.6. The number of hydrogen-bond donors (Lipinski definition) is 7. The first-order valence-electron chi connectivity index (χ1n) is 10.6. The molecule has 4 unspecified atom stereocenters. The minimum atomic E-state index is -1.40. The maximum Gasteiger partial charge on any atom is 0.326 e. The minimum absolute atomic E-state index is 0.0622. The summed E-state index contributed by atoms with van der Waals surface area (Å²) in [6.45, 7) is 3.09. The van der Waals surface area contributed by atoms with Gasteiger partial charge in [0.2, 0.25) is 17.7 Å². The summed E-state index contributed by atoms with van der Waals surface area (Å²) in [6.07, 6.45) is 5.31. The van der Waals surface area contributed by atoms with Gasteiger partial charge in [0.25, 0.3) is 0 Å². The Morgan fingerprint density at radius 3 is 2.21 bits per heavy atom. The highest BCUT2D eigenvalue weighted by molar-refractivity contribution is 7.98. The topological polar surface area (TPSA) is 200 Å². The molecule has 13 heteroatoms. The molecule has 0 aliphatic heterocycles. The normalized spacial score (nSPS) is 14.7. The molecule has 0 spiro atoms.